The number of ether oxygens (including phenoxy) is 3. The summed E-state index contributed by atoms with van der Waals surface area (Å²) < 4.78 is 19.0. The van der Waals surface area contributed by atoms with Crippen molar-refractivity contribution in [1.82, 2.24) is 19.6 Å². The Kier molecular flexibility index (Phi) is 14.1. The second-order valence-electron chi connectivity index (χ2n) is 12.4. The molecule has 0 atom stereocenters. The molecule has 0 saturated carbocycles. The SMILES string of the molecule is CCOc1ccccc1OCCN1CCN(c2cnn(CCCCCCCN3CCN(c4ccccc4OCC)CC3)c(=O)c2Cl)CC1. The Balaban J connectivity index is 0.948. The zero-order chi connectivity index (χ0) is 33.6. The van der Waals surface area contributed by atoms with E-state index in [-0.39, 0.29) is 10.6 Å². The van der Waals surface area contributed by atoms with Crippen molar-refractivity contribution in [3.63, 3.8) is 0 Å². The lowest BCUT2D eigenvalue weighted by Crippen LogP contribution is -2.48. The fraction of sp³-hybridized carbons (Fsp3) is 0.568. The van der Waals surface area contributed by atoms with Crippen molar-refractivity contribution >= 4 is 23.0 Å². The number of unbranched alkanes of at least 4 members (excludes halogenated alkanes) is 4. The van der Waals surface area contributed by atoms with Crippen LogP contribution < -0.4 is 29.6 Å². The molecular weight excluding hydrogens is 628 g/mol. The molecule has 2 fully saturated rings. The first-order valence-electron chi connectivity index (χ1n) is 17.8. The molecule has 2 aromatic carbocycles. The smallest absolute Gasteiger partial charge is 0.287 e. The van der Waals surface area contributed by atoms with Gasteiger partial charge in [-0.05, 0) is 57.5 Å². The lowest BCUT2D eigenvalue weighted by molar-refractivity contribution is 0.195. The number of aryl methyl sites for hydroxylation is 1. The van der Waals surface area contributed by atoms with E-state index in [9.17, 15) is 4.79 Å². The average molecular weight is 681 g/mol. The minimum absolute atomic E-state index is 0.194. The molecule has 262 valence electrons. The number of rotatable bonds is 18. The van der Waals surface area contributed by atoms with Crippen LogP contribution in [0.1, 0.15) is 46.0 Å². The van der Waals surface area contributed by atoms with Crippen LogP contribution in [-0.4, -0.2) is 105 Å². The minimum Gasteiger partial charge on any atom is -0.492 e. The van der Waals surface area contributed by atoms with Crippen molar-refractivity contribution in [2.24, 2.45) is 0 Å². The quantitative estimate of drug-likeness (QED) is 0.158. The molecule has 2 aliphatic heterocycles. The van der Waals surface area contributed by atoms with Crippen LogP contribution in [0.3, 0.4) is 0 Å². The van der Waals surface area contributed by atoms with E-state index in [1.54, 1.807) is 6.20 Å². The van der Waals surface area contributed by atoms with Gasteiger partial charge in [-0.3, -0.25) is 14.6 Å². The Morgan fingerprint density at radius 1 is 0.625 bits per heavy atom. The van der Waals surface area contributed by atoms with E-state index in [2.05, 4.69) is 42.9 Å². The van der Waals surface area contributed by atoms with Crippen molar-refractivity contribution in [2.45, 2.75) is 52.5 Å². The third kappa shape index (κ3) is 10.0. The number of halogens is 1. The maximum Gasteiger partial charge on any atom is 0.287 e. The zero-order valence-corrected chi connectivity index (χ0v) is 29.6. The van der Waals surface area contributed by atoms with Gasteiger partial charge in [0.25, 0.3) is 5.56 Å². The molecule has 0 unspecified atom stereocenters. The van der Waals surface area contributed by atoms with Gasteiger partial charge in [0.1, 0.15) is 17.4 Å². The largest absolute Gasteiger partial charge is 0.492 e. The molecule has 3 aromatic rings. The lowest BCUT2D eigenvalue weighted by Gasteiger charge is -2.36. The van der Waals surface area contributed by atoms with Crippen molar-refractivity contribution in [1.29, 1.82) is 0 Å². The highest BCUT2D eigenvalue weighted by Gasteiger charge is 2.22. The fourth-order valence-electron chi connectivity index (χ4n) is 6.51. The highest BCUT2D eigenvalue weighted by molar-refractivity contribution is 6.33. The standard InChI is InChI=1S/C37H53ClN6O4/c1-3-46-33-15-9-8-14-31(33)42-24-20-40(21-25-42)18-12-6-5-7-13-19-44-37(45)36(38)32(30-39-44)43-26-22-41(23-27-43)28-29-48-35-17-11-10-16-34(35)47-4-2/h8-11,14-17,30H,3-7,12-13,18-29H2,1-2H3. The number of hydrogen-bond donors (Lipinski definition) is 0. The highest BCUT2D eigenvalue weighted by Crippen LogP contribution is 2.29. The Bertz CT molecular complexity index is 1460. The molecule has 0 N–H and O–H groups in total. The summed E-state index contributed by atoms with van der Waals surface area (Å²) in [6, 6.07) is 16.1. The Labute approximate surface area is 291 Å². The van der Waals surface area contributed by atoms with E-state index in [0.717, 1.165) is 108 Å². The third-order valence-electron chi connectivity index (χ3n) is 9.22. The Morgan fingerprint density at radius 3 is 1.81 bits per heavy atom. The van der Waals surface area contributed by atoms with Crippen molar-refractivity contribution in [2.75, 3.05) is 95.1 Å². The summed E-state index contributed by atoms with van der Waals surface area (Å²) in [5, 5.41) is 4.77. The molecular formula is C37H53ClN6O4. The summed E-state index contributed by atoms with van der Waals surface area (Å²) in [6.07, 6.45) is 7.35. The van der Waals surface area contributed by atoms with Crippen LogP contribution in [0.2, 0.25) is 5.02 Å². The van der Waals surface area contributed by atoms with Crippen LogP contribution in [-0.2, 0) is 6.54 Å². The summed E-state index contributed by atoms with van der Waals surface area (Å²) in [7, 11) is 0. The van der Waals surface area contributed by atoms with E-state index in [0.29, 0.717) is 26.4 Å². The molecule has 1 aromatic heterocycles. The summed E-state index contributed by atoms with van der Waals surface area (Å²) >= 11 is 6.61. The van der Waals surface area contributed by atoms with Gasteiger partial charge in [0.15, 0.2) is 11.5 Å². The monoisotopic (exact) mass is 680 g/mol. The van der Waals surface area contributed by atoms with Crippen LogP contribution in [0.5, 0.6) is 17.2 Å². The number of anilines is 2. The zero-order valence-electron chi connectivity index (χ0n) is 28.8. The average Bonchev–Trinajstić information content (AvgIpc) is 3.11. The molecule has 0 amide bonds. The third-order valence-corrected chi connectivity index (χ3v) is 9.57. The van der Waals surface area contributed by atoms with E-state index in [1.165, 1.54) is 23.2 Å². The van der Waals surface area contributed by atoms with Crippen LogP contribution in [0.4, 0.5) is 11.4 Å². The van der Waals surface area contributed by atoms with E-state index < -0.39 is 0 Å². The van der Waals surface area contributed by atoms with Gasteiger partial charge >= 0.3 is 0 Å². The van der Waals surface area contributed by atoms with Crippen molar-refractivity contribution in [3.05, 3.63) is 70.1 Å². The minimum atomic E-state index is -0.194. The number of para-hydroxylation sites is 4. The number of hydrogen-bond acceptors (Lipinski definition) is 9. The lowest BCUT2D eigenvalue weighted by atomic mass is 10.1. The van der Waals surface area contributed by atoms with Crippen LogP contribution in [0, 0.1) is 0 Å². The van der Waals surface area contributed by atoms with Gasteiger partial charge in [0.05, 0.1) is 30.8 Å². The number of piperazine rings is 2. The van der Waals surface area contributed by atoms with Crippen molar-refractivity contribution in [3.8, 4) is 17.2 Å². The second-order valence-corrected chi connectivity index (χ2v) is 12.8. The van der Waals surface area contributed by atoms with E-state index in [4.69, 9.17) is 25.8 Å². The first-order valence-corrected chi connectivity index (χ1v) is 18.2. The van der Waals surface area contributed by atoms with Gasteiger partial charge in [-0.1, -0.05) is 55.1 Å². The molecule has 0 bridgehead atoms. The van der Waals surface area contributed by atoms with Gasteiger partial charge < -0.3 is 24.0 Å². The van der Waals surface area contributed by atoms with E-state index >= 15 is 0 Å². The molecule has 10 nitrogen and oxygen atoms in total. The fourth-order valence-corrected chi connectivity index (χ4v) is 6.78. The van der Waals surface area contributed by atoms with E-state index in [1.807, 2.05) is 44.2 Å². The molecule has 48 heavy (non-hydrogen) atoms. The van der Waals surface area contributed by atoms with Gasteiger partial charge in [0, 0.05) is 65.4 Å². The molecule has 5 rings (SSSR count). The van der Waals surface area contributed by atoms with Crippen LogP contribution in [0.15, 0.2) is 59.5 Å². The van der Waals surface area contributed by atoms with Crippen LogP contribution in [0.25, 0.3) is 0 Å². The normalized spacial score (nSPS) is 15.9. The predicted octanol–water partition coefficient (Wildman–Crippen LogP) is 5.67. The maximum atomic E-state index is 13.0. The molecule has 2 aliphatic rings. The van der Waals surface area contributed by atoms with Gasteiger partial charge in [0.2, 0.25) is 0 Å². The van der Waals surface area contributed by atoms with Crippen LogP contribution >= 0.6 is 11.6 Å². The number of benzene rings is 2. The van der Waals surface area contributed by atoms with Crippen molar-refractivity contribution < 1.29 is 14.2 Å². The molecule has 0 spiro atoms. The molecule has 2 saturated heterocycles. The summed E-state index contributed by atoms with van der Waals surface area (Å²) in [4.78, 5) is 22.6. The molecule has 3 heterocycles. The summed E-state index contributed by atoms with van der Waals surface area (Å²) in [6.45, 7) is 16.0. The first kappa shape index (κ1) is 35.8. The predicted molar refractivity (Wildman–Crippen MR) is 195 cm³/mol. The van der Waals surface area contributed by atoms with Gasteiger partial charge in [-0.2, -0.15) is 5.10 Å². The first-order chi connectivity index (χ1) is 23.6. The van der Waals surface area contributed by atoms with Gasteiger partial charge in [-0.15, -0.1) is 0 Å². The number of aromatic nitrogens is 2. The molecule has 0 aliphatic carbocycles. The Morgan fingerprint density at radius 2 is 1.15 bits per heavy atom. The Hall–Kier alpha value is -3.47. The molecule has 0 radical (unpaired) electrons. The number of nitrogens with zero attached hydrogens (tertiary/aromatic N) is 6. The molecule has 11 heteroatoms. The summed E-state index contributed by atoms with van der Waals surface area (Å²) in [5.41, 5.74) is 1.75. The summed E-state index contributed by atoms with van der Waals surface area (Å²) in [5.74, 6) is 2.54. The topological polar surface area (TPSA) is 75.5 Å². The maximum absolute atomic E-state index is 13.0. The highest BCUT2D eigenvalue weighted by atomic mass is 35.5. The van der Waals surface area contributed by atoms with Gasteiger partial charge in [-0.25, -0.2) is 4.68 Å². The second kappa shape index (κ2) is 18.9.